The number of amides is 1. The van der Waals surface area contributed by atoms with E-state index in [1.54, 1.807) is 24.3 Å². The minimum atomic E-state index is -0.188. The predicted molar refractivity (Wildman–Crippen MR) is 82.9 cm³/mol. The summed E-state index contributed by atoms with van der Waals surface area (Å²) in [5.74, 6) is -0.188. The van der Waals surface area contributed by atoms with Crippen LogP contribution in [0.2, 0.25) is 5.02 Å². The van der Waals surface area contributed by atoms with Gasteiger partial charge in [-0.05, 0) is 29.8 Å². The molecule has 0 aliphatic heterocycles. The molecule has 106 valence electrons. The van der Waals surface area contributed by atoms with Crippen LogP contribution in [0.1, 0.15) is 11.1 Å². The first-order valence-electron chi connectivity index (χ1n) is 6.43. The van der Waals surface area contributed by atoms with Gasteiger partial charge in [0.25, 0.3) is 0 Å². The summed E-state index contributed by atoms with van der Waals surface area (Å²) in [7, 11) is 0. The molecule has 0 saturated heterocycles. The largest absolute Gasteiger partial charge is 0.324 e. The molecule has 0 aromatic heterocycles. The molecule has 0 aliphatic carbocycles. The summed E-state index contributed by atoms with van der Waals surface area (Å²) in [5, 5.41) is 15.4. The first-order valence-corrected chi connectivity index (χ1v) is 6.81. The third kappa shape index (κ3) is 4.60. The molecule has 0 atom stereocenters. The molecule has 0 bridgehead atoms. The van der Waals surface area contributed by atoms with Crippen molar-refractivity contribution < 1.29 is 4.79 Å². The quantitative estimate of drug-likeness (QED) is 0.892. The van der Waals surface area contributed by atoms with Crippen LogP contribution >= 0.6 is 11.6 Å². The third-order valence-electron chi connectivity index (χ3n) is 2.85. The maximum absolute atomic E-state index is 11.8. The van der Waals surface area contributed by atoms with Crippen LogP contribution in [0.5, 0.6) is 0 Å². The zero-order valence-corrected chi connectivity index (χ0v) is 12.0. The monoisotopic (exact) mass is 299 g/mol. The molecule has 1 amide bonds. The molecule has 0 unspecified atom stereocenters. The number of rotatable bonds is 5. The van der Waals surface area contributed by atoms with E-state index < -0.39 is 0 Å². The Bertz CT molecular complexity index is 662. The van der Waals surface area contributed by atoms with Gasteiger partial charge in [0.05, 0.1) is 17.8 Å². The van der Waals surface area contributed by atoms with Crippen molar-refractivity contribution in [1.82, 2.24) is 5.32 Å². The highest BCUT2D eigenvalue weighted by Crippen LogP contribution is 2.13. The summed E-state index contributed by atoms with van der Waals surface area (Å²) >= 11 is 5.80. The second kappa shape index (κ2) is 7.44. The van der Waals surface area contributed by atoms with Crippen LogP contribution in [0.3, 0.4) is 0 Å². The number of hydrogen-bond acceptors (Lipinski definition) is 3. The molecule has 2 N–H and O–H groups in total. The lowest BCUT2D eigenvalue weighted by Crippen LogP contribution is -2.27. The van der Waals surface area contributed by atoms with E-state index in [4.69, 9.17) is 16.9 Å². The van der Waals surface area contributed by atoms with E-state index in [1.807, 2.05) is 30.3 Å². The Morgan fingerprint density at radius 1 is 1.14 bits per heavy atom. The summed E-state index contributed by atoms with van der Waals surface area (Å²) in [5.41, 5.74) is 2.02. The number of nitriles is 1. The SMILES string of the molecule is N#Cc1ccccc1NC(=O)CNCc1ccc(Cl)cc1. The van der Waals surface area contributed by atoms with Gasteiger partial charge in [0, 0.05) is 11.6 Å². The molecule has 4 nitrogen and oxygen atoms in total. The first-order chi connectivity index (χ1) is 10.2. The Morgan fingerprint density at radius 2 is 1.86 bits per heavy atom. The molecular formula is C16H14ClN3O. The zero-order chi connectivity index (χ0) is 15.1. The first kappa shape index (κ1) is 15.0. The fourth-order valence-corrected chi connectivity index (χ4v) is 1.93. The number of nitrogens with zero attached hydrogens (tertiary/aromatic N) is 1. The Balaban J connectivity index is 1.82. The van der Waals surface area contributed by atoms with Crippen molar-refractivity contribution in [2.75, 3.05) is 11.9 Å². The van der Waals surface area contributed by atoms with Crippen LogP contribution in [-0.4, -0.2) is 12.5 Å². The summed E-state index contributed by atoms with van der Waals surface area (Å²) in [4.78, 5) is 11.8. The minimum absolute atomic E-state index is 0.169. The lowest BCUT2D eigenvalue weighted by Gasteiger charge is -2.08. The van der Waals surface area contributed by atoms with Gasteiger partial charge in [0.1, 0.15) is 6.07 Å². The number of para-hydroxylation sites is 1. The summed E-state index contributed by atoms with van der Waals surface area (Å²) in [6, 6.07) is 16.4. The predicted octanol–water partition coefficient (Wildman–Crippen LogP) is 2.94. The topological polar surface area (TPSA) is 64.9 Å². The summed E-state index contributed by atoms with van der Waals surface area (Å²) in [6.45, 7) is 0.743. The normalized spacial score (nSPS) is 9.90. The number of carbonyl (C=O) groups is 1. The highest BCUT2D eigenvalue weighted by Gasteiger charge is 2.05. The second-order valence-corrected chi connectivity index (χ2v) is 4.87. The molecule has 2 aromatic carbocycles. The van der Waals surface area contributed by atoms with E-state index in [2.05, 4.69) is 10.6 Å². The van der Waals surface area contributed by atoms with Gasteiger partial charge in [-0.2, -0.15) is 5.26 Å². The molecule has 2 aromatic rings. The van der Waals surface area contributed by atoms with Crippen molar-refractivity contribution in [2.45, 2.75) is 6.54 Å². The second-order valence-electron chi connectivity index (χ2n) is 4.44. The van der Waals surface area contributed by atoms with Crippen LogP contribution in [0.15, 0.2) is 48.5 Å². The molecule has 21 heavy (non-hydrogen) atoms. The van der Waals surface area contributed by atoms with Crippen molar-refractivity contribution >= 4 is 23.2 Å². The van der Waals surface area contributed by atoms with Crippen molar-refractivity contribution in [1.29, 1.82) is 5.26 Å². The van der Waals surface area contributed by atoms with Gasteiger partial charge in [-0.3, -0.25) is 4.79 Å². The van der Waals surface area contributed by atoms with Crippen LogP contribution < -0.4 is 10.6 Å². The number of anilines is 1. The molecule has 0 heterocycles. The Morgan fingerprint density at radius 3 is 2.57 bits per heavy atom. The van der Waals surface area contributed by atoms with Crippen LogP contribution in [0, 0.1) is 11.3 Å². The average molecular weight is 300 g/mol. The molecular weight excluding hydrogens is 286 g/mol. The van der Waals surface area contributed by atoms with Crippen LogP contribution in [0.25, 0.3) is 0 Å². The van der Waals surface area contributed by atoms with Gasteiger partial charge in [-0.25, -0.2) is 0 Å². The number of benzene rings is 2. The molecule has 0 radical (unpaired) electrons. The lowest BCUT2D eigenvalue weighted by atomic mass is 10.2. The highest BCUT2D eigenvalue weighted by molar-refractivity contribution is 6.30. The van der Waals surface area contributed by atoms with Gasteiger partial charge in [0.15, 0.2) is 0 Å². The van der Waals surface area contributed by atoms with Gasteiger partial charge in [-0.15, -0.1) is 0 Å². The average Bonchev–Trinajstić information content (AvgIpc) is 2.50. The Kier molecular flexibility index (Phi) is 5.33. The minimum Gasteiger partial charge on any atom is -0.324 e. The molecule has 0 spiro atoms. The van der Waals surface area contributed by atoms with E-state index in [-0.39, 0.29) is 12.5 Å². The number of hydrogen-bond donors (Lipinski definition) is 2. The number of halogens is 1. The van der Waals surface area contributed by atoms with Gasteiger partial charge < -0.3 is 10.6 Å². The van der Waals surface area contributed by atoms with Crippen LogP contribution in [0.4, 0.5) is 5.69 Å². The molecule has 0 saturated carbocycles. The van der Waals surface area contributed by atoms with Gasteiger partial charge in [-0.1, -0.05) is 35.9 Å². The van der Waals surface area contributed by atoms with Crippen molar-refractivity contribution in [3.05, 3.63) is 64.7 Å². The van der Waals surface area contributed by atoms with E-state index >= 15 is 0 Å². The number of nitrogens with one attached hydrogen (secondary N) is 2. The Labute approximate surface area is 128 Å². The standard InChI is InChI=1S/C16H14ClN3O/c17-14-7-5-12(6-8-14)10-19-11-16(21)20-15-4-2-1-3-13(15)9-18/h1-8,19H,10-11H2,(H,20,21). The Hall–Kier alpha value is -2.35. The number of carbonyl (C=O) groups excluding carboxylic acids is 1. The van der Waals surface area contributed by atoms with Crippen molar-refractivity contribution in [3.63, 3.8) is 0 Å². The van der Waals surface area contributed by atoms with Crippen molar-refractivity contribution in [2.24, 2.45) is 0 Å². The molecule has 0 aliphatic rings. The van der Waals surface area contributed by atoms with Crippen LogP contribution in [-0.2, 0) is 11.3 Å². The van der Waals surface area contributed by atoms with E-state index in [0.29, 0.717) is 22.8 Å². The molecule has 2 rings (SSSR count). The van der Waals surface area contributed by atoms with E-state index in [0.717, 1.165) is 5.56 Å². The van der Waals surface area contributed by atoms with Gasteiger partial charge >= 0.3 is 0 Å². The fourth-order valence-electron chi connectivity index (χ4n) is 1.81. The highest BCUT2D eigenvalue weighted by atomic mass is 35.5. The van der Waals surface area contributed by atoms with Crippen molar-refractivity contribution in [3.8, 4) is 6.07 Å². The maximum Gasteiger partial charge on any atom is 0.238 e. The lowest BCUT2D eigenvalue weighted by molar-refractivity contribution is -0.115. The van der Waals surface area contributed by atoms with Gasteiger partial charge in [0.2, 0.25) is 5.91 Å². The maximum atomic E-state index is 11.8. The third-order valence-corrected chi connectivity index (χ3v) is 3.10. The fraction of sp³-hybridized carbons (Fsp3) is 0.125. The molecule has 5 heteroatoms. The van der Waals surface area contributed by atoms with E-state index in [1.165, 1.54) is 0 Å². The summed E-state index contributed by atoms with van der Waals surface area (Å²) in [6.07, 6.45) is 0. The zero-order valence-electron chi connectivity index (χ0n) is 11.3. The van der Waals surface area contributed by atoms with E-state index in [9.17, 15) is 4.79 Å². The smallest absolute Gasteiger partial charge is 0.238 e. The summed E-state index contributed by atoms with van der Waals surface area (Å²) < 4.78 is 0. The molecule has 0 fully saturated rings.